The van der Waals surface area contributed by atoms with E-state index in [2.05, 4.69) is 240 Å². The molecule has 3 heteroatoms. The topological polar surface area (TPSA) is 9.86 Å². The van der Waals surface area contributed by atoms with Crippen LogP contribution in [0.2, 0.25) is 0 Å². The summed E-state index contributed by atoms with van der Waals surface area (Å²) in [6.45, 7) is 0. The molecule has 11 aromatic rings. The third kappa shape index (κ3) is 5.10. The van der Waals surface area contributed by atoms with E-state index in [9.17, 15) is 0 Å². The molecule has 2 heterocycles. The van der Waals surface area contributed by atoms with Gasteiger partial charge in [0, 0.05) is 27.2 Å². The molecule has 2 aromatic heterocycles. The van der Waals surface area contributed by atoms with Gasteiger partial charge in [0.1, 0.15) is 0 Å². The average Bonchev–Trinajstić information content (AvgIpc) is 3.81. The molecule has 0 spiro atoms. The summed E-state index contributed by atoms with van der Waals surface area (Å²) in [6, 6.07) is 85.3. The molecule has 0 aliphatic heterocycles. The zero-order chi connectivity index (χ0) is 37.8. The van der Waals surface area contributed by atoms with E-state index in [1.54, 1.807) is 0 Å². The zero-order valence-corrected chi connectivity index (χ0v) is 32.3. The lowest BCUT2D eigenvalue weighted by atomic mass is 10.0. The highest BCUT2D eigenvalue weighted by Gasteiger charge is 2.43. The summed E-state index contributed by atoms with van der Waals surface area (Å²) in [5.41, 5.74) is 9.51. The van der Waals surface area contributed by atoms with Crippen molar-refractivity contribution in [3.63, 3.8) is 0 Å². The van der Waals surface area contributed by atoms with Gasteiger partial charge in [-0.15, -0.1) is 0 Å². The van der Waals surface area contributed by atoms with Crippen LogP contribution in [0.5, 0.6) is 0 Å². The third-order valence-corrected chi connectivity index (χ3v) is 16.7. The normalized spacial score (nSPS) is 11.9. The Hall–Kier alpha value is -7.20. The SMILES string of the molecule is c1ccc(-c2ccc3c4c([Si](c5ccccc5)(c5ccccc5)c5ccccc5)cccc4n(-c4cccc5c4c4ccccc4n5-c4ccccc4)c3c2)cc1. The molecule has 0 saturated heterocycles. The Balaban J connectivity index is 1.33. The first-order valence-electron chi connectivity index (χ1n) is 19.7. The highest BCUT2D eigenvalue weighted by molar-refractivity contribution is 7.20. The van der Waals surface area contributed by atoms with Crippen molar-refractivity contribution in [1.29, 1.82) is 0 Å². The number of hydrogen-bond acceptors (Lipinski definition) is 0. The van der Waals surface area contributed by atoms with Crippen LogP contribution in [0, 0.1) is 0 Å². The Morgan fingerprint density at radius 3 is 1.42 bits per heavy atom. The molecule has 0 atom stereocenters. The molecule has 11 rings (SSSR count). The molecule has 0 unspecified atom stereocenters. The van der Waals surface area contributed by atoms with Crippen molar-refractivity contribution in [3.8, 4) is 22.5 Å². The molecular weight excluding hydrogens is 705 g/mol. The maximum Gasteiger partial charge on any atom is 0.180 e. The van der Waals surface area contributed by atoms with Crippen LogP contribution in [0.15, 0.2) is 231 Å². The molecule has 0 saturated carbocycles. The Bertz CT molecular complexity index is 3110. The minimum absolute atomic E-state index is 1.15. The summed E-state index contributed by atoms with van der Waals surface area (Å²) >= 11 is 0. The van der Waals surface area contributed by atoms with Crippen molar-refractivity contribution in [2.75, 3.05) is 0 Å². The summed E-state index contributed by atoms with van der Waals surface area (Å²) in [7, 11) is -2.90. The summed E-state index contributed by atoms with van der Waals surface area (Å²) in [5, 5.41) is 10.5. The van der Waals surface area contributed by atoms with E-state index < -0.39 is 8.07 Å². The van der Waals surface area contributed by atoms with Crippen LogP contribution in [-0.4, -0.2) is 17.2 Å². The predicted molar refractivity (Wildman–Crippen MR) is 244 cm³/mol. The Morgan fingerprint density at radius 1 is 0.298 bits per heavy atom. The van der Waals surface area contributed by atoms with Gasteiger partial charge >= 0.3 is 0 Å². The second-order valence-electron chi connectivity index (χ2n) is 14.8. The van der Waals surface area contributed by atoms with E-state index in [1.165, 1.54) is 81.2 Å². The summed E-state index contributed by atoms with van der Waals surface area (Å²) in [6.07, 6.45) is 0. The molecule has 9 aromatic carbocycles. The molecule has 0 amide bonds. The third-order valence-electron chi connectivity index (χ3n) is 11.9. The quantitative estimate of drug-likeness (QED) is 0.114. The van der Waals surface area contributed by atoms with E-state index in [0.717, 1.165) is 5.69 Å². The van der Waals surface area contributed by atoms with Crippen LogP contribution >= 0.6 is 0 Å². The maximum absolute atomic E-state index is 2.90. The van der Waals surface area contributed by atoms with Crippen molar-refractivity contribution >= 4 is 72.4 Å². The smallest absolute Gasteiger partial charge is 0.180 e. The van der Waals surface area contributed by atoms with Gasteiger partial charge in [0.15, 0.2) is 8.07 Å². The average molecular weight is 743 g/mol. The molecule has 57 heavy (non-hydrogen) atoms. The number of nitrogens with zero attached hydrogens (tertiary/aromatic N) is 2. The molecular formula is C54H38N2Si. The number of rotatable bonds is 7. The van der Waals surface area contributed by atoms with Gasteiger partial charge in [-0.1, -0.05) is 188 Å². The van der Waals surface area contributed by atoms with Crippen LogP contribution < -0.4 is 20.7 Å². The number of para-hydroxylation sites is 2. The summed E-state index contributed by atoms with van der Waals surface area (Å²) in [4.78, 5) is 0. The van der Waals surface area contributed by atoms with E-state index in [4.69, 9.17) is 0 Å². The molecule has 2 nitrogen and oxygen atoms in total. The fourth-order valence-electron chi connectivity index (χ4n) is 9.52. The second-order valence-corrected chi connectivity index (χ2v) is 18.6. The Morgan fingerprint density at radius 2 is 0.789 bits per heavy atom. The predicted octanol–water partition coefficient (Wildman–Crippen LogP) is 10.9. The lowest BCUT2D eigenvalue weighted by Gasteiger charge is -2.35. The summed E-state index contributed by atoms with van der Waals surface area (Å²) < 4.78 is 4.98. The van der Waals surface area contributed by atoms with Crippen molar-refractivity contribution in [2.45, 2.75) is 0 Å². The first-order valence-corrected chi connectivity index (χ1v) is 21.7. The van der Waals surface area contributed by atoms with Crippen LogP contribution in [0.3, 0.4) is 0 Å². The zero-order valence-electron chi connectivity index (χ0n) is 31.3. The monoisotopic (exact) mass is 742 g/mol. The van der Waals surface area contributed by atoms with Gasteiger partial charge in [-0.3, -0.25) is 0 Å². The minimum atomic E-state index is -2.90. The molecule has 0 radical (unpaired) electrons. The van der Waals surface area contributed by atoms with Crippen LogP contribution in [-0.2, 0) is 0 Å². The fourth-order valence-corrected chi connectivity index (χ4v) is 14.5. The first kappa shape index (κ1) is 33.2. The van der Waals surface area contributed by atoms with Crippen molar-refractivity contribution < 1.29 is 0 Å². The van der Waals surface area contributed by atoms with E-state index in [0.29, 0.717) is 0 Å². The fraction of sp³-hybridized carbons (Fsp3) is 0. The number of fused-ring (bicyclic) bond motifs is 6. The van der Waals surface area contributed by atoms with E-state index >= 15 is 0 Å². The van der Waals surface area contributed by atoms with Crippen molar-refractivity contribution in [3.05, 3.63) is 231 Å². The molecule has 0 bridgehead atoms. The van der Waals surface area contributed by atoms with Crippen molar-refractivity contribution in [1.82, 2.24) is 9.13 Å². The number of aromatic nitrogens is 2. The molecule has 0 aliphatic carbocycles. The number of benzene rings is 9. The van der Waals surface area contributed by atoms with E-state index in [1.807, 2.05) is 0 Å². The van der Waals surface area contributed by atoms with Gasteiger partial charge in [0.25, 0.3) is 0 Å². The first-order chi connectivity index (χ1) is 28.3. The Kier molecular flexibility index (Phi) is 7.87. The van der Waals surface area contributed by atoms with Gasteiger partial charge in [-0.2, -0.15) is 0 Å². The maximum atomic E-state index is 2.56. The van der Waals surface area contributed by atoms with Gasteiger partial charge in [0.2, 0.25) is 0 Å². The number of hydrogen-bond donors (Lipinski definition) is 0. The highest BCUT2D eigenvalue weighted by Crippen LogP contribution is 2.41. The standard InChI is InChI=1S/C54H38N2Si/c1-6-20-39(21-7-1)40-36-37-46-51(38-40)56(49-33-18-32-48-53(49)45-30-16-17-31-47(45)55(48)41-22-8-2-9-23-41)50-34-19-35-52(54(46)50)57(42-24-10-3-11-25-42,43-26-12-4-13-27-43)44-28-14-5-15-29-44/h1-38H. The molecule has 0 N–H and O–H groups in total. The van der Waals surface area contributed by atoms with Gasteiger partial charge in [-0.25, -0.2) is 0 Å². The van der Waals surface area contributed by atoms with Gasteiger partial charge in [0.05, 0.1) is 27.8 Å². The van der Waals surface area contributed by atoms with Gasteiger partial charge < -0.3 is 9.13 Å². The minimum Gasteiger partial charge on any atom is -0.309 e. The molecule has 0 fully saturated rings. The lowest BCUT2D eigenvalue weighted by Crippen LogP contribution is -2.74. The summed E-state index contributed by atoms with van der Waals surface area (Å²) in [5.74, 6) is 0. The lowest BCUT2D eigenvalue weighted by molar-refractivity contribution is 1.17. The largest absolute Gasteiger partial charge is 0.309 e. The molecule has 268 valence electrons. The highest BCUT2D eigenvalue weighted by atomic mass is 28.3. The Labute approximate surface area is 333 Å². The van der Waals surface area contributed by atoms with Crippen LogP contribution in [0.25, 0.3) is 66.1 Å². The van der Waals surface area contributed by atoms with Crippen molar-refractivity contribution in [2.24, 2.45) is 0 Å². The van der Waals surface area contributed by atoms with Gasteiger partial charge in [-0.05, 0) is 74.3 Å². The van der Waals surface area contributed by atoms with E-state index in [-0.39, 0.29) is 0 Å². The van der Waals surface area contributed by atoms with Crippen LogP contribution in [0.1, 0.15) is 0 Å². The second kappa shape index (κ2) is 13.5. The molecule has 0 aliphatic rings. The van der Waals surface area contributed by atoms with Crippen LogP contribution in [0.4, 0.5) is 0 Å².